The molecule has 1 heteroatoms. The Balaban J connectivity index is 2.38. The second-order valence-corrected chi connectivity index (χ2v) is 6.35. The molecule has 1 saturated carbocycles. The van der Waals surface area contributed by atoms with Crippen molar-refractivity contribution < 1.29 is 4.74 Å². The van der Waals surface area contributed by atoms with Gasteiger partial charge in [0.05, 0.1) is 12.2 Å². The van der Waals surface area contributed by atoms with Crippen molar-refractivity contribution in [3.05, 3.63) is 0 Å². The van der Waals surface area contributed by atoms with Crippen LogP contribution in [-0.4, -0.2) is 12.2 Å². The summed E-state index contributed by atoms with van der Waals surface area (Å²) in [4.78, 5) is 0. The topological polar surface area (TPSA) is 9.23 Å². The van der Waals surface area contributed by atoms with Crippen LogP contribution in [0.5, 0.6) is 0 Å². The maximum atomic E-state index is 5.94. The van der Waals surface area contributed by atoms with Crippen molar-refractivity contribution in [3.63, 3.8) is 0 Å². The lowest BCUT2D eigenvalue weighted by molar-refractivity contribution is -0.0856. The van der Waals surface area contributed by atoms with E-state index < -0.39 is 0 Å². The fourth-order valence-corrected chi connectivity index (χ4v) is 2.32. The zero-order valence-corrected chi connectivity index (χ0v) is 10.5. The Kier molecular flexibility index (Phi) is 3.63. The first-order valence-corrected chi connectivity index (χ1v) is 5.97. The van der Waals surface area contributed by atoms with Crippen LogP contribution < -0.4 is 0 Å². The van der Waals surface area contributed by atoms with Crippen molar-refractivity contribution in [1.82, 2.24) is 0 Å². The number of hydrogen-bond acceptors (Lipinski definition) is 1. The van der Waals surface area contributed by atoms with Crippen molar-refractivity contribution in [3.8, 4) is 0 Å². The van der Waals surface area contributed by atoms with E-state index in [2.05, 4.69) is 34.6 Å². The van der Waals surface area contributed by atoms with E-state index in [-0.39, 0.29) is 5.60 Å². The van der Waals surface area contributed by atoms with Gasteiger partial charge < -0.3 is 4.74 Å². The van der Waals surface area contributed by atoms with Gasteiger partial charge in [0.1, 0.15) is 0 Å². The summed E-state index contributed by atoms with van der Waals surface area (Å²) in [6.07, 6.45) is 5.49. The molecule has 0 radical (unpaired) electrons. The number of rotatable bonds is 4. The highest BCUT2D eigenvalue weighted by atomic mass is 16.5. The number of ether oxygens (including phenoxy) is 1. The first-order valence-electron chi connectivity index (χ1n) is 5.97. The fourth-order valence-electron chi connectivity index (χ4n) is 2.32. The third-order valence-electron chi connectivity index (χ3n) is 3.07. The summed E-state index contributed by atoms with van der Waals surface area (Å²) in [5.74, 6) is 0.805. The summed E-state index contributed by atoms with van der Waals surface area (Å²) in [7, 11) is 0. The van der Waals surface area contributed by atoms with Gasteiger partial charge in [0.2, 0.25) is 0 Å². The molecule has 1 aliphatic carbocycles. The fraction of sp³-hybridized carbons (Fsp3) is 1.00. The van der Waals surface area contributed by atoms with Crippen LogP contribution in [0.3, 0.4) is 0 Å². The third-order valence-corrected chi connectivity index (χ3v) is 3.07. The zero-order chi connectivity index (χ0) is 10.8. The summed E-state index contributed by atoms with van der Waals surface area (Å²) < 4.78 is 5.94. The largest absolute Gasteiger partial charge is 0.375 e. The molecule has 0 saturated heterocycles. The van der Waals surface area contributed by atoms with Gasteiger partial charge >= 0.3 is 0 Å². The minimum Gasteiger partial charge on any atom is -0.375 e. The van der Waals surface area contributed by atoms with E-state index in [1.807, 2.05) is 0 Å². The maximum Gasteiger partial charge on any atom is 0.0598 e. The highest BCUT2D eigenvalue weighted by Crippen LogP contribution is 2.46. The molecule has 0 aromatic rings. The quantitative estimate of drug-likeness (QED) is 0.663. The molecular formula is C13H26O. The summed E-state index contributed by atoms with van der Waals surface area (Å²) in [5.41, 5.74) is 0.557. The van der Waals surface area contributed by atoms with E-state index in [1.165, 1.54) is 25.7 Å². The van der Waals surface area contributed by atoms with Crippen LogP contribution in [0.15, 0.2) is 0 Å². The van der Waals surface area contributed by atoms with Crippen LogP contribution in [0.1, 0.15) is 60.3 Å². The third kappa shape index (κ3) is 3.61. The second kappa shape index (κ2) is 4.22. The van der Waals surface area contributed by atoms with Crippen molar-refractivity contribution in [2.75, 3.05) is 6.61 Å². The predicted octanol–water partition coefficient (Wildman–Crippen LogP) is 4.02. The van der Waals surface area contributed by atoms with E-state index in [9.17, 15) is 0 Å². The molecule has 0 unspecified atom stereocenters. The first-order chi connectivity index (χ1) is 6.33. The van der Waals surface area contributed by atoms with Gasteiger partial charge in [-0.15, -0.1) is 0 Å². The van der Waals surface area contributed by atoms with Gasteiger partial charge in [-0.3, -0.25) is 0 Å². The van der Waals surface area contributed by atoms with Gasteiger partial charge in [-0.05, 0) is 51.4 Å². The molecule has 0 atom stereocenters. The lowest BCUT2D eigenvalue weighted by Gasteiger charge is -2.44. The van der Waals surface area contributed by atoms with Crippen molar-refractivity contribution >= 4 is 0 Å². The molecular weight excluding hydrogens is 172 g/mol. The molecule has 1 fully saturated rings. The van der Waals surface area contributed by atoms with Gasteiger partial charge in [-0.1, -0.05) is 20.3 Å². The van der Waals surface area contributed by atoms with Crippen LogP contribution in [0.25, 0.3) is 0 Å². The Labute approximate surface area is 89.2 Å². The molecule has 1 rings (SSSR count). The average Bonchev–Trinajstić information content (AvgIpc) is 1.92. The van der Waals surface area contributed by atoms with Crippen molar-refractivity contribution in [1.29, 1.82) is 0 Å². The Morgan fingerprint density at radius 1 is 1.21 bits per heavy atom. The molecule has 0 N–H and O–H groups in total. The smallest absolute Gasteiger partial charge is 0.0598 e. The normalized spacial score (nSPS) is 21.0. The van der Waals surface area contributed by atoms with Crippen LogP contribution in [0.2, 0.25) is 0 Å². The summed E-state index contributed by atoms with van der Waals surface area (Å²) >= 11 is 0. The molecule has 0 aromatic carbocycles. The monoisotopic (exact) mass is 198 g/mol. The van der Waals surface area contributed by atoms with E-state index in [0.29, 0.717) is 5.41 Å². The molecule has 0 heterocycles. The Morgan fingerprint density at radius 3 is 2.07 bits per heavy atom. The van der Waals surface area contributed by atoms with Gasteiger partial charge in [-0.2, -0.15) is 0 Å². The van der Waals surface area contributed by atoms with Crippen LogP contribution in [0, 0.1) is 11.3 Å². The standard InChI is InChI=1S/C13H26O/c1-11(2)9-13(7-6-8-13)10-14-12(3,4)5/h11H,6-10H2,1-5H3. The van der Waals surface area contributed by atoms with Gasteiger partial charge in [-0.25, -0.2) is 0 Å². The zero-order valence-electron chi connectivity index (χ0n) is 10.5. The lowest BCUT2D eigenvalue weighted by Crippen LogP contribution is -2.38. The Morgan fingerprint density at radius 2 is 1.79 bits per heavy atom. The first kappa shape index (κ1) is 12.0. The molecule has 1 aliphatic rings. The molecule has 14 heavy (non-hydrogen) atoms. The van der Waals surface area contributed by atoms with Crippen molar-refractivity contribution in [2.24, 2.45) is 11.3 Å². The van der Waals surface area contributed by atoms with Gasteiger partial charge in [0.15, 0.2) is 0 Å². The molecule has 0 spiro atoms. The van der Waals surface area contributed by atoms with Crippen molar-refractivity contribution in [2.45, 2.75) is 65.9 Å². The predicted molar refractivity (Wildman–Crippen MR) is 61.4 cm³/mol. The highest BCUT2D eigenvalue weighted by Gasteiger charge is 2.38. The maximum absolute atomic E-state index is 5.94. The van der Waals surface area contributed by atoms with E-state index in [0.717, 1.165) is 12.5 Å². The molecule has 0 aliphatic heterocycles. The van der Waals surface area contributed by atoms with Crippen LogP contribution in [0.4, 0.5) is 0 Å². The summed E-state index contributed by atoms with van der Waals surface area (Å²) in [6, 6.07) is 0. The highest BCUT2D eigenvalue weighted by molar-refractivity contribution is 4.88. The Bertz CT molecular complexity index is 172. The van der Waals surface area contributed by atoms with Gasteiger partial charge in [0.25, 0.3) is 0 Å². The van der Waals surface area contributed by atoms with E-state index >= 15 is 0 Å². The van der Waals surface area contributed by atoms with Gasteiger partial charge in [0, 0.05) is 0 Å². The lowest BCUT2D eigenvalue weighted by atomic mass is 9.65. The SMILES string of the molecule is CC(C)CC1(COC(C)(C)C)CCC1. The number of hydrogen-bond donors (Lipinski definition) is 0. The average molecular weight is 198 g/mol. The molecule has 0 aromatic heterocycles. The van der Waals surface area contributed by atoms with E-state index in [1.54, 1.807) is 0 Å². The summed E-state index contributed by atoms with van der Waals surface area (Å²) in [6.45, 7) is 12.0. The minimum absolute atomic E-state index is 0.0274. The van der Waals surface area contributed by atoms with Crippen LogP contribution in [-0.2, 0) is 4.74 Å². The summed E-state index contributed by atoms with van der Waals surface area (Å²) in [5, 5.41) is 0. The minimum atomic E-state index is 0.0274. The van der Waals surface area contributed by atoms with Crippen LogP contribution >= 0.6 is 0 Å². The Hall–Kier alpha value is -0.0400. The second-order valence-electron chi connectivity index (χ2n) is 6.35. The van der Waals surface area contributed by atoms with E-state index in [4.69, 9.17) is 4.74 Å². The molecule has 0 bridgehead atoms. The molecule has 84 valence electrons. The molecule has 1 nitrogen and oxygen atoms in total. The molecule has 0 amide bonds.